The van der Waals surface area contributed by atoms with Crippen molar-refractivity contribution >= 4 is 11.7 Å². The van der Waals surface area contributed by atoms with Gasteiger partial charge < -0.3 is 5.73 Å². The van der Waals surface area contributed by atoms with Crippen molar-refractivity contribution in [2.24, 2.45) is 33.5 Å². The average molecular weight is 388 g/mol. The maximum atomic E-state index is 10.7. The average Bonchev–Trinajstić information content (AvgIpc) is 2.58. The Hall–Kier alpha value is -1.58. The molecule has 2 amide bonds. The largest absolute Gasteiger partial charge is 0.350 e. The van der Waals surface area contributed by atoms with Gasteiger partial charge in [0.2, 0.25) is 0 Å². The van der Waals surface area contributed by atoms with Gasteiger partial charge in [-0.1, -0.05) is 50.5 Å². The second-order valence-corrected chi connectivity index (χ2v) is 10.1. The lowest BCUT2D eigenvalue weighted by Crippen LogP contribution is -2.48. The van der Waals surface area contributed by atoms with Crippen molar-refractivity contribution in [1.82, 2.24) is 5.43 Å². The van der Waals surface area contributed by atoms with Gasteiger partial charge in [0.05, 0.1) is 0 Å². The first-order valence-electron chi connectivity index (χ1n) is 11.0. The number of primary amides is 1. The van der Waals surface area contributed by atoms with Crippen LogP contribution in [0.15, 0.2) is 28.4 Å². The Morgan fingerprint density at radius 2 is 2.00 bits per heavy atom. The summed E-state index contributed by atoms with van der Waals surface area (Å²) in [4.78, 5) is 10.7. The number of nitrogens with two attached hydrogens (primary N) is 1. The molecule has 0 saturated heterocycles. The molecule has 4 heteroatoms. The number of carbonyl (C=O) groups is 1. The van der Waals surface area contributed by atoms with Crippen molar-refractivity contribution in [3.63, 3.8) is 0 Å². The molecule has 3 atom stereocenters. The topological polar surface area (TPSA) is 67.5 Å². The Bertz CT molecular complexity index is 659. The van der Waals surface area contributed by atoms with Gasteiger partial charge in [0.1, 0.15) is 0 Å². The summed E-state index contributed by atoms with van der Waals surface area (Å²) in [5.41, 5.74) is 12.2. The van der Waals surface area contributed by atoms with Gasteiger partial charge in [-0.15, -0.1) is 0 Å². The van der Waals surface area contributed by atoms with E-state index in [1.807, 2.05) is 6.92 Å². The third-order valence-electron chi connectivity index (χ3n) is 7.48. The van der Waals surface area contributed by atoms with E-state index in [1.54, 1.807) is 5.57 Å². The van der Waals surface area contributed by atoms with Crippen LogP contribution in [-0.4, -0.2) is 11.7 Å². The number of amides is 2. The molecule has 2 aliphatic rings. The first-order chi connectivity index (χ1) is 13.1. The Morgan fingerprint density at radius 3 is 2.68 bits per heavy atom. The van der Waals surface area contributed by atoms with E-state index in [4.69, 9.17) is 5.73 Å². The highest BCUT2D eigenvalue weighted by Crippen LogP contribution is 2.60. The van der Waals surface area contributed by atoms with Crippen molar-refractivity contribution in [1.29, 1.82) is 0 Å². The molecular weight excluding hydrogens is 346 g/mol. The highest BCUT2D eigenvalue weighted by Gasteiger charge is 2.51. The summed E-state index contributed by atoms with van der Waals surface area (Å²) in [5, 5.41) is 3.97. The SMILES string of the molecule is CC1=CC[C@@H]2C(C)(C)CCC[C@@]2(C)[C@@H]1CC/C(C)=C\CC/C(C)=N\NC(N)=O. The third kappa shape index (κ3) is 5.48. The summed E-state index contributed by atoms with van der Waals surface area (Å²) in [6, 6.07) is -0.611. The second kappa shape index (κ2) is 9.28. The molecule has 2 aliphatic carbocycles. The molecule has 0 radical (unpaired) electrons. The molecule has 28 heavy (non-hydrogen) atoms. The molecule has 0 spiro atoms. The first-order valence-corrected chi connectivity index (χ1v) is 11.0. The van der Waals surface area contributed by atoms with E-state index in [2.05, 4.69) is 57.3 Å². The minimum atomic E-state index is -0.611. The predicted molar refractivity (Wildman–Crippen MR) is 119 cm³/mol. The number of allylic oxidation sites excluding steroid dienone is 4. The highest BCUT2D eigenvalue weighted by atomic mass is 16.2. The van der Waals surface area contributed by atoms with Crippen molar-refractivity contribution in [2.75, 3.05) is 0 Å². The van der Waals surface area contributed by atoms with E-state index in [-0.39, 0.29) is 0 Å². The minimum Gasteiger partial charge on any atom is -0.350 e. The lowest BCUT2D eigenvalue weighted by atomic mass is 9.48. The summed E-state index contributed by atoms with van der Waals surface area (Å²) in [6.07, 6.45) is 14.5. The van der Waals surface area contributed by atoms with Crippen molar-refractivity contribution < 1.29 is 4.79 Å². The number of urea groups is 1. The first kappa shape index (κ1) is 22.7. The number of hydrogen-bond acceptors (Lipinski definition) is 2. The van der Waals surface area contributed by atoms with Gasteiger partial charge in [-0.3, -0.25) is 0 Å². The quantitative estimate of drug-likeness (QED) is 0.299. The molecule has 0 aromatic heterocycles. The van der Waals surface area contributed by atoms with Crippen LogP contribution in [0.1, 0.15) is 92.9 Å². The Morgan fingerprint density at radius 1 is 1.29 bits per heavy atom. The number of rotatable bonds is 7. The molecule has 0 heterocycles. The van der Waals surface area contributed by atoms with E-state index >= 15 is 0 Å². The zero-order valence-electron chi connectivity index (χ0n) is 18.9. The smallest absolute Gasteiger partial charge is 0.332 e. The maximum absolute atomic E-state index is 10.7. The van der Waals surface area contributed by atoms with Crippen molar-refractivity contribution in [3.8, 4) is 0 Å². The number of fused-ring (bicyclic) bond motifs is 1. The van der Waals surface area contributed by atoms with Crippen LogP contribution in [0, 0.1) is 22.7 Å². The Labute approximate surface area is 172 Å². The van der Waals surface area contributed by atoms with E-state index in [9.17, 15) is 4.79 Å². The summed E-state index contributed by atoms with van der Waals surface area (Å²) < 4.78 is 0. The standard InChI is InChI=1S/C24H41N3O/c1-17(9-7-10-19(3)26-27-22(25)28)11-13-20-18(2)12-14-21-23(4,5)15-8-16-24(20,21)6/h9,12,20-21H,7-8,10-11,13-16H2,1-6H3,(H3,25,27,28)/b17-9-,26-19-/t20-,21-,24+/m1/s1. The lowest BCUT2D eigenvalue weighted by molar-refractivity contribution is -0.0390. The molecule has 3 N–H and O–H groups in total. The maximum Gasteiger partial charge on any atom is 0.332 e. The molecular formula is C24H41N3O. The van der Waals surface area contributed by atoms with Gasteiger partial charge in [-0.05, 0) is 88.4 Å². The zero-order chi connectivity index (χ0) is 20.9. The fraction of sp³-hybridized carbons (Fsp3) is 0.750. The summed E-state index contributed by atoms with van der Waals surface area (Å²) in [6.45, 7) is 14.1. The minimum absolute atomic E-state index is 0.449. The molecule has 0 bridgehead atoms. The fourth-order valence-electron chi connectivity index (χ4n) is 5.90. The zero-order valence-corrected chi connectivity index (χ0v) is 18.9. The van der Waals surface area contributed by atoms with E-state index in [0.29, 0.717) is 16.7 Å². The van der Waals surface area contributed by atoms with Gasteiger partial charge in [-0.2, -0.15) is 5.10 Å². The lowest BCUT2D eigenvalue weighted by Gasteiger charge is -2.57. The van der Waals surface area contributed by atoms with Gasteiger partial charge in [0, 0.05) is 5.71 Å². The van der Waals surface area contributed by atoms with Crippen LogP contribution >= 0.6 is 0 Å². The number of hydrogen-bond donors (Lipinski definition) is 2. The van der Waals surface area contributed by atoms with Crippen molar-refractivity contribution in [2.45, 2.75) is 92.9 Å². The fourth-order valence-corrected chi connectivity index (χ4v) is 5.90. The monoisotopic (exact) mass is 387 g/mol. The number of nitrogens with one attached hydrogen (secondary N) is 1. The van der Waals surface area contributed by atoms with Crippen LogP contribution in [0.2, 0.25) is 0 Å². The molecule has 2 rings (SSSR count). The summed E-state index contributed by atoms with van der Waals surface area (Å²) in [5.74, 6) is 1.51. The molecule has 0 aliphatic heterocycles. The number of nitrogens with zero attached hydrogens (tertiary/aromatic N) is 1. The molecule has 0 aromatic rings. The molecule has 158 valence electrons. The van der Waals surface area contributed by atoms with Crippen LogP contribution < -0.4 is 11.2 Å². The normalized spacial score (nSPS) is 30.4. The molecule has 1 saturated carbocycles. The number of hydrazone groups is 1. The van der Waals surface area contributed by atoms with Crippen LogP contribution in [-0.2, 0) is 0 Å². The molecule has 1 fully saturated rings. The predicted octanol–water partition coefficient (Wildman–Crippen LogP) is 6.34. The van der Waals surface area contributed by atoms with Crippen LogP contribution in [0.25, 0.3) is 0 Å². The summed E-state index contributed by atoms with van der Waals surface area (Å²) in [7, 11) is 0. The highest BCUT2D eigenvalue weighted by molar-refractivity contribution is 5.83. The Balaban J connectivity index is 1.95. The van der Waals surface area contributed by atoms with Gasteiger partial charge in [0.15, 0.2) is 0 Å². The van der Waals surface area contributed by atoms with E-state index in [0.717, 1.165) is 30.9 Å². The van der Waals surface area contributed by atoms with E-state index in [1.165, 1.54) is 37.7 Å². The second-order valence-electron chi connectivity index (χ2n) is 10.1. The van der Waals surface area contributed by atoms with Gasteiger partial charge in [0.25, 0.3) is 0 Å². The summed E-state index contributed by atoms with van der Waals surface area (Å²) >= 11 is 0. The molecule has 4 nitrogen and oxygen atoms in total. The van der Waals surface area contributed by atoms with Crippen LogP contribution in [0.3, 0.4) is 0 Å². The molecule has 0 unspecified atom stereocenters. The van der Waals surface area contributed by atoms with Crippen molar-refractivity contribution in [3.05, 3.63) is 23.3 Å². The van der Waals surface area contributed by atoms with Gasteiger partial charge >= 0.3 is 6.03 Å². The van der Waals surface area contributed by atoms with Crippen LogP contribution in [0.4, 0.5) is 4.79 Å². The van der Waals surface area contributed by atoms with Gasteiger partial charge in [-0.25, -0.2) is 10.2 Å². The third-order valence-corrected chi connectivity index (χ3v) is 7.48. The van der Waals surface area contributed by atoms with Crippen LogP contribution in [0.5, 0.6) is 0 Å². The Kier molecular flexibility index (Phi) is 7.52. The van der Waals surface area contributed by atoms with E-state index < -0.39 is 6.03 Å². The number of carbonyl (C=O) groups excluding carboxylic acids is 1. The molecule has 0 aromatic carbocycles.